The number of halogens is 3. The Hall–Kier alpha value is -2.76. The van der Waals surface area contributed by atoms with Gasteiger partial charge in [-0.1, -0.05) is 20.8 Å². The molecule has 2 aromatic carbocycles. The van der Waals surface area contributed by atoms with Gasteiger partial charge < -0.3 is 10.3 Å². The first-order valence-corrected chi connectivity index (χ1v) is 10.3. The van der Waals surface area contributed by atoms with Crippen LogP contribution in [0.3, 0.4) is 0 Å². The van der Waals surface area contributed by atoms with Crippen molar-refractivity contribution < 1.29 is 18.0 Å². The summed E-state index contributed by atoms with van der Waals surface area (Å²) in [5, 5.41) is 3.58. The van der Waals surface area contributed by atoms with Crippen LogP contribution in [-0.2, 0) is 4.79 Å². The van der Waals surface area contributed by atoms with Crippen LogP contribution in [0.1, 0.15) is 45.1 Å². The first-order chi connectivity index (χ1) is 14.2. The van der Waals surface area contributed by atoms with Crippen LogP contribution in [0.4, 0.5) is 13.2 Å². The Balaban J connectivity index is 1.66. The van der Waals surface area contributed by atoms with E-state index < -0.39 is 11.6 Å². The summed E-state index contributed by atoms with van der Waals surface area (Å²) in [6.45, 7) is 5.93. The summed E-state index contributed by atoms with van der Waals surface area (Å²) in [6.07, 6.45) is 1.38. The van der Waals surface area contributed by atoms with E-state index in [4.69, 9.17) is 0 Å². The van der Waals surface area contributed by atoms with Crippen LogP contribution in [0.25, 0.3) is 22.2 Å². The summed E-state index contributed by atoms with van der Waals surface area (Å²) in [5.74, 6) is -1.40. The maximum atomic E-state index is 14.4. The quantitative estimate of drug-likeness (QED) is 0.536. The van der Waals surface area contributed by atoms with Crippen molar-refractivity contribution in [3.63, 3.8) is 0 Å². The highest BCUT2D eigenvalue weighted by molar-refractivity contribution is 5.92. The van der Waals surface area contributed by atoms with E-state index in [9.17, 15) is 18.0 Å². The van der Waals surface area contributed by atoms with Crippen LogP contribution in [0.15, 0.2) is 36.4 Å². The van der Waals surface area contributed by atoms with E-state index in [-0.39, 0.29) is 41.0 Å². The molecule has 1 saturated carbocycles. The molecule has 1 atom stereocenters. The second-order valence-corrected chi connectivity index (χ2v) is 8.64. The summed E-state index contributed by atoms with van der Waals surface area (Å²) in [7, 11) is 0. The molecule has 1 amide bonds. The van der Waals surface area contributed by atoms with Gasteiger partial charge in [0.15, 0.2) is 0 Å². The lowest BCUT2D eigenvalue weighted by Gasteiger charge is -2.37. The predicted octanol–water partition coefficient (Wildman–Crippen LogP) is 5.91. The maximum Gasteiger partial charge on any atom is 0.223 e. The largest absolute Gasteiger partial charge is 0.353 e. The number of nitrogens with one attached hydrogen (secondary N) is 2. The molecule has 158 valence electrons. The highest BCUT2D eigenvalue weighted by atomic mass is 19.1. The molecule has 1 aromatic heterocycles. The minimum atomic E-state index is -0.658. The van der Waals surface area contributed by atoms with Gasteiger partial charge in [-0.15, -0.1) is 0 Å². The normalized spacial score (nSPS) is 19.7. The van der Waals surface area contributed by atoms with Gasteiger partial charge in [-0.2, -0.15) is 0 Å². The Kier molecular flexibility index (Phi) is 5.35. The number of hydrogen-bond acceptors (Lipinski definition) is 1. The van der Waals surface area contributed by atoms with Crippen molar-refractivity contribution in [3.8, 4) is 11.3 Å². The zero-order chi connectivity index (χ0) is 21.6. The predicted molar refractivity (Wildman–Crippen MR) is 112 cm³/mol. The number of rotatable bonds is 5. The van der Waals surface area contributed by atoms with Crippen molar-refractivity contribution in [3.05, 3.63) is 59.4 Å². The Morgan fingerprint density at radius 2 is 1.70 bits per heavy atom. The summed E-state index contributed by atoms with van der Waals surface area (Å²) in [5.41, 5.74) is 2.44. The highest BCUT2D eigenvalue weighted by Crippen LogP contribution is 2.45. The van der Waals surface area contributed by atoms with Crippen molar-refractivity contribution in [2.24, 2.45) is 11.8 Å². The fourth-order valence-electron chi connectivity index (χ4n) is 4.12. The van der Waals surface area contributed by atoms with Crippen molar-refractivity contribution in [2.45, 2.75) is 45.6 Å². The summed E-state index contributed by atoms with van der Waals surface area (Å²) >= 11 is 0. The topological polar surface area (TPSA) is 44.9 Å². The van der Waals surface area contributed by atoms with E-state index in [0.29, 0.717) is 29.5 Å². The molecular weight excluding hydrogens is 389 g/mol. The van der Waals surface area contributed by atoms with Gasteiger partial charge in [0.05, 0.1) is 11.2 Å². The molecule has 0 spiro atoms. The van der Waals surface area contributed by atoms with E-state index >= 15 is 0 Å². The SMILES string of the molecule is CC(C)C(C)C(=O)NC1CC(c2c(-c3ccc(F)cc3)[nH]c3c(F)cc(F)cc23)C1. The Bertz CT molecular complexity index is 1080. The Morgan fingerprint density at radius 1 is 1.03 bits per heavy atom. The molecule has 0 aliphatic heterocycles. The fourth-order valence-corrected chi connectivity index (χ4v) is 4.12. The van der Waals surface area contributed by atoms with E-state index in [1.165, 1.54) is 18.2 Å². The number of aromatic nitrogens is 1. The molecule has 1 aliphatic rings. The van der Waals surface area contributed by atoms with Gasteiger partial charge in [0.25, 0.3) is 0 Å². The molecule has 1 unspecified atom stereocenters. The van der Waals surface area contributed by atoms with Crippen molar-refractivity contribution in [2.75, 3.05) is 0 Å². The number of carbonyl (C=O) groups excluding carboxylic acids is 1. The van der Waals surface area contributed by atoms with E-state index in [2.05, 4.69) is 10.3 Å². The average molecular weight is 414 g/mol. The van der Waals surface area contributed by atoms with Gasteiger partial charge in [-0.05, 0) is 66.1 Å². The van der Waals surface area contributed by atoms with Crippen LogP contribution < -0.4 is 5.32 Å². The molecule has 3 aromatic rings. The molecule has 2 N–H and O–H groups in total. The molecule has 4 rings (SSSR count). The minimum absolute atomic E-state index is 0.0308. The number of amides is 1. The van der Waals surface area contributed by atoms with Crippen LogP contribution in [0.5, 0.6) is 0 Å². The first-order valence-electron chi connectivity index (χ1n) is 10.3. The minimum Gasteiger partial charge on any atom is -0.353 e. The smallest absolute Gasteiger partial charge is 0.223 e. The van der Waals surface area contributed by atoms with Crippen molar-refractivity contribution in [1.29, 1.82) is 0 Å². The number of benzene rings is 2. The molecule has 30 heavy (non-hydrogen) atoms. The monoisotopic (exact) mass is 414 g/mol. The van der Waals surface area contributed by atoms with Gasteiger partial charge in [0, 0.05) is 23.4 Å². The third kappa shape index (κ3) is 3.71. The number of aromatic amines is 1. The summed E-state index contributed by atoms with van der Waals surface area (Å²) in [6, 6.07) is 8.17. The third-order valence-electron chi connectivity index (χ3n) is 6.30. The zero-order valence-electron chi connectivity index (χ0n) is 17.2. The zero-order valence-corrected chi connectivity index (χ0v) is 17.2. The van der Waals surface area contributed by atoms with Crippen LogP contribution in [-0.4, -0.2) is 16.9 Å². The van der Waals surface area contributed by atoms with Gasteiger partial charge in [-0.3, -0.25) is 4.79 Å². The number of hydrogen-bond donors (Lipinski definition) is 2. The molecule has 3 nitrogen and oxygen atoms in total. The van der Waals surface area contributed by atoms with E-state index in [1.54, 1.807) is 12.1 Å². The van der Waals surface area contributed by atoms with Crippen LogP contribution >= 0.6 is 0 Å². The second-order valence-electron chi connectivity index (χ2n) is 8.64. The first kappa shape index (κ1) is 20.5. The standard InChI is InChI=1S/C24H25F3N2O/c1-12(2)13(3)24(30)28-18-8-15(9-18)21-19-10-17(26)11-20(27)23(19)29-22(21)14-4-6-16(25)7-5-14/h4-7,10-13,15,18,29H,8-9H2,1-3H3,(H,28,30). The lowest BCUT2D eigenvalue weighted by molar-refractivity contribution is -0.127. The number of H-pyrrole nitrogens is 1. The van der Waals surface area contributed by atoms with E-state index in [1.807, 2.05) is 20.8 Å². The molecule has 0 bridgehead atoms. The Morgan fingerprint density at radius 3 is 2.33 bits per heavy atom. The molecule has 1 fully saturated rings. The van der Waals surface area contributed by atoms with Gasteiger partial charge in [-0.25, -0.2) is 13.2 Å². The van der Waals surface area contributed by atoms with Gasteiger partial charge >= 0.3 is 0 Å². The molecule has 1 heterocycles. The second kappa shape index (κ2) is 7.82. The molecular formula is C24H25F3N2O. The molecule has 1 aliphatic carbocycles. The van der Waals surface area contributed by atoms with Crippen LogP contribution in [0.2, 0.25) is 0 Å². The lowest BCUT2D eigenvalue weighted by Crippen LogP contribution is -2.46. The number of fused-ring (bicyclic) bond motifs is 1. The Labute approximate surface area is 173 Å². The fraction of sp³-hybridized carbons (Fsp3) is 0.375. The van der Waals surface area contributed by atoms with E-state index in [0.717, 1.165) is 11.6 Å². The maximum absolute atomic E-state index is 14.4. The van der Waals surface area contributed by atoms with Gasteiger partial charge in [0.2, 0.25) is 5.91 Å². The molecule has 0 saturated heterocycles. The van der Waals surface area contributed by atoms with Crippen molar-refractivity contribution in [1.82, 2.24) is 10.3 Å². The van der Waals surface area contributed by atoms with Gasteiger partial charge in [0.1, 0.15) is 17.5 Å². The number of carbonyl (C=O) groups is 1. The molecule has 0 radical (unpaired) electrons. The summed E-state index contributed by atoms with van der Waals surface area (Å²) in [4.78, 5) is 15.4. The van der Waals surface area contributed by atoms with Crippen LogP contribution in [0, 0.1) is 29.3 Å². The molecule has 6 heteroatoms. The summed E-state index contributed by atoms with van der Waals surface area (Å²) < 4.78 is 41.8. The average Bonchev–Trinajstić information content (AvgIpc) is 3.03. The third-order valence-corrected chi connectivity index (χ3v) is 6.30. The van der Waals surface area contributed by atoms with Crippen molar-refractivity contribution >= 4 is 16.8 Å². The highest BCUT2D eigenvalue weighted by Gasteiger charge is 2.36. The lowest BCUT2D eigenvalue weighted by atomic mass is 9.74.